The van der Waals surface area contributed by atoms with Crippen LogP contribution in [0.2, 0.25) is 0 Å². The highest BCUT2D eigenvalue weighted by Crippen LogP contribution is 2.30. The van der Waals surface area contributed by atoms with Gasteiger partial charge in [-0.25, -0.2) is 13.1 Å². The number of rotatable bonds is 5. The van der Waals surface area contributed by atoms with Crippen LogP contribution >= 0.6 is 0 Å². The van der Waals surface area contributed by atoms with Crippen molar-refractivity contribution in [2.45, 2.75) is 30.6 Å². The number of sulfonamides is 1. The molecule has 0 aromatic heterocycles. The Morgan fingerprint density at radius 3 is 2.48 bits per heavy atom. The lowest BCUT2D eigenvalue weighted by atomic mass is 10.1. The third kappa shape index (κ3) is 3.79. The number of hydrogen-bond donors (Lipinski definition) is 1. The van der Waals surface area contributed by atoms with Crippen LogP contribution in [0.5, 0.6) is 0 Å². The quantitative estimate of drug-likeness (QED) is 0.882. The van der Waals surface area contributed by atoms with Gasteiger partial charge in [-0.3, -0.25) is 0 Å². The normalized spacial score (nSPS) is 20.1. The van der Waals surface area contributed by atoms with E-state index in [1.54, 1.807) is 12.1 Å². The van der Waals surface area contributed by atoms with Gasteiger partial charge in [0.25, 0.3) is 0 Å². The SMILES string of the molecule is CN(C)c1cccc2c(S(=O)(=O)NCC3COC(C)(C)O3)cccc12. The average molecular weight is 364 g/mol. The van der Waals surface area contributed by atoms with Crippen LogP contribution in [0.1, 0.15) is 13.8 Å². The van der Waals surface area contributed by atoms with Crippen molar-refractivity contribution in [3.8, 4) is 0 Å². The highest BCUT2D eigenvalue weighted by atomic mass is 32.2. The molecule has 3 rings (SSSR count). The first-order valence-corrected chi connectivity index (χ1v) is 9.68. The molecule has 0 saturated carbocycles. The largest absolute Gasteiger partial charge is 0.377 e. The number of ether oxygens (including phenoxy) is 2. The highest BCUT2D eigenvalue weighted by molar-refractivity contribution is 7.89. The molecule has 136 valence electrons. The first-order valence-electron chi connectivity index (χ1n) is 8.20. The molecule has 2 aromatic rings. The second-order valence-corrected chi connectivity index (χ2v) is 8.56. The van der Waals surface area contributed by atoms with Gasteiger partial charge >= 0.3 is 0 Å². The summed E-state index contributed by atoms with van der Waals surface area (Å²) >= 11 is 0. The molecule has 1 saturated heterocycles. The van der Waals surface area contributed by atoms with Crippen LogP contribution in [-0.4, -0.2) is 47.6 Å². The van der Waals surface area contributed by atoms with Crippen LogP contribution in [0.4, 0.5) is 5.69 Å². The van der Waals surface area contributed by atoms with Gasteiger partial charge in [0, 0.05) is 37.1 Å². The van der Waals surface area contributed by atoms with Crippen LogP contribution in [0, 0.1) is 0 Å². The number of fused-ring (bicyclic) bond motifs is 1. The molecule has 7 heteroatoms. The second-order valence-electron chi connectivity index (χ2n) is 6.83. The summed E-state index contributed by atoms with van der Waals surface area (Å²) < 4.78 is 39.4. The number of anilines is 1. The van der Waals surface area contributed by atoms with Crippen molar-refractivity contribution in [3.05, 3.63) is 36.4 Å². The zero-order chi connectivity index (χ0) is 18.2. The fourth-order valence-electron chi connectivity index (χ4n) is 3.03. The summed E-state index contributed by atoms with van der Waals surface area (Å²) in [5.74, 6) is -0.670. The van der Waals surface area contributed by atoms with Gasteiger partial charge in [0.2, 0.25) is 10.0 Å². The summed E-state index contributed by atoms with van der Waals surface area (Å²) in [5, 5.41) is 1.60. The van der Waals surface area contributed by atoms with E-state index in [0.717, 1.165) is 11.1 Å². The zero-order valence-corrected chi connectivity index (χ0v) is 15.8. The van der Waals surface area contributed by atoms with Gasteiger partial charge in [-0.2, -0.15) is 0 Å². The van der Waals surface area contributed by atoms with Gasteiger partial charge in [-0.15, -0.1) is 0 Å². The summed E-state index contributed by atoms with van der Waals surface area (Å²) in [6, 6.07) is 11.0. The van der Waals surface area contributed by atoms with Gasteiger partial charge < -0.3 is 14.4 Å². The molecule has 1 aliphatic rings. The Morgan fingerprint density at radius 2 is 1.84 bits per heavy atom. The third-order valence-electron chi connectivity index (χ3n) is 4.20. The lowest BCUT2D eigenvalue weighted by molar-refractivity contribution is -0.137. The van der Waals surface area contributed by atoms with E-state index in [1.165, 1.54) is 0 Å². The number of benzene rings is 2. The molecular formula is C18H24N2O4S. The van der Waals surface area contributed by atoms with Gasteiger partial charge in [-0.1, -0.05) is 24.3 Å². The Bertz CT molecular complexity index is 878. The maximum absolute atomic E-state index is 12.8. The van der Waals surface area contributed by atoms with Gasteiger partial charge in [0.15, 0.2) is 5.79 Å². The first kappa shape index (κ1) is 18.1. The molecule has 6 nitrogen and oxygen atoms in total. The predicted molar refractivity (Wildman–Crippen MR) is 98.4 cm³/mol. The Kier molecular flexibility index (Phi) is 4.76. The smallest absolute Gasteiger partial charge is 0.241 e. The fraction of sp³-hybridized carbons (Fsp3) is 0.444. The third-order valence-corrected chi connectivity index (χ3v) is 5.68. The molecule has 0 aliphatic carbocycles. The molecule has 1 aliphatic heterocycles. The summed E-state index contributed by atoms with van der Waals surface area (Å²) in [4.78, 5) is 2.24. The van der Waals surface area contributed by atoms with Crippen LogP contribution in [0.3, 0.4) is 0 Å². The predicted octanol–water partition coefficient (Wildman–Crippen LogP) is 2.34. The minimum absolute atomic E-state index is 0.176. The number of nitrogens with zero attached hydrogens (tertiary/aromatic N) is 1. The van der Waals surface area contributed by atoms with E-state index >= 15 is 0 Å². The Balaban J connectivity index is 1.89. The minimum Gasteiger partial charge on any atom is -0.377 e. The summed E-state index contributed by atoms with van der Waals surface area (Å²) in [5.41, 5.74) is 0.976. The van der Waals surface area contributed by atoms with E-state index in [4.69, 9.17) is 9.47 Å². The van der Waals surface area contributed by atoms with E-state index in [-0.39, 0.29) is 17.5 Å². The van der Waals surface area contributed by atoms with Crippen LogP contribution in [0.15, 0.2) is 41.3 Å². The van der Waals surface area contributed by atoms with E-state index in [2.05, 4.69) is 4.72 Å². The molecule has 1 atom stereocenters. The van der Waals surface area contributed by atoms with Crippen LogP contribution in [0.25, 0.3) is 10.8 Å². The Labute approximate surface area is 148 Å². The van der Waals surface area contributed by atoms with Crippen molar-refractivity contribution in [2.75, 3.05) is 32.1 Å². The zero-order valence-electron chi connectivity index (χ0n) is 14.9. The first-order chi connectivity index (χ1) is 11.7. The molecule has 1 unspecified atom stereocenters. The van der Waals surface area contributed by atoms with E-state index in [1.807, 2.05) is 57.1 Å². The summed E-state index contributed by atoms with van der Waals surface area (Å²) in [6.07, 6.45) is -0.294. The average Bonchev–Trinajstić information content (AvgIpc) is 2.91. The maximum Gasteiger partial charge on any atom is 0.241 e. The van der Waals surface area contributed by atoms with Gasteiger partial charge in [0.1, 0.15) is 0 Å². The highest BCUT2D eigenvalue weighted by Gasteiger charge is 2.33. The van der Waals surface area contributed by atoms with Gasteiger partial charge in [-0.05, 0) is 26.0 Å². The summed E-state index contributed by atoms with van der Waals surface area (Å²) in [6.45, 7) is 4.18. The Morgan fingerprint density at radius 1 is 1.16 bits per heavy atom. The minimum atomic E-state index is -3.66. The molecule has 1 N–H and O–H groups in total. The van der Waals surface area contributed by atoms with E-state index in [0.29, 0.717) is 12.0 Å². The number of nitrogens with one attached hydrogen (secondary N) is 1. The van der Waals surface area contributed by atoms with Crippen LogP contribution < -0.4 is 9.62 Å². The van der Waals surface area contributed by atoms with E-state index in [9.17, 15) is 8.42 Å². The molecule has 0 amide bonds. The van der Waals surface area contributed by atoms with Gasteiger partial charge in [0.05, 0.1) is 17.6 Å². The molecule has 25 heavy (non-hydrogen) atoms. The maximum atomic E-state index is 12.8. The standard InChI is InChI=1S/C18H24N2O4S/c1-18(2)23-12-13(24-18)11-19-25(21,22)17-10-6-7-14-15(17)8-5-9-16(14)20(3)4/h5-10,13,19H,11-12H2,1-4H3. The summed E-state index contributed by atoms with van der Waals surface area (Å²) in [7, 11) is 0.218. The van der Waals surface area contributed by atoms with Crippen molar-refractivity contribution in [2.24, 2.45) is 0 Å². The molecule has 2 aromatic carbocycles. The van der Waals surface area contributed by atoms with Crippen molar-refractivity contribution in [3.63, 3.8) is 0 Å². The lowest BCUT2D eigenvalue weighted by Crippen LogP contribution is -2.34. The molecule has 0 bridgehead atoms. The van der Waals surface area contributed by atoms with Crippen LogP contribution in [-0.2, 0) is 19.5 Å². The molecule has 1 heterocycles. The molecular weight excluding hydrogens is 340 g/mol. The monoisotopic (exact) mass is 364 g/mol. The van der Waals surface area contributed by atoms with E-state index < -0.39 is 15.8 Å². The van der Waals surface area contributed by atoms with Crippen molar-refractivity contribution in [1.29, 1.82) is 0 Å². The molecule has 0 spiro atoms. The second kappa shape index (κ2) is 6.57. The number of hydrogen-bond acceptors (Lipinski definition) is 5. The Hall–Kier alpha value is -1.67. The van der Waals surface area contributed by atoms with Crippen molar-refractivity contribution < 1.29 is 17.9 Å². The van der Waals surface area contributed by atoms with Crippen molar-refractivity contribution >= 4 is 26.5 Å². The van der Waals surface area contributed by atoms with Crippen molar-refractivity contribution in [1.82, 2.24) is 4.72 Å². The molecule has 1 fully saturated rings. The lowest BCUT2D eigenvalue weighted by Gasteiger charge is -2.18. The fourth-order valence-corrected chi connectivity index (χ4v) is 4.32. The topological polar surface area (TPSA) is 67.9 Å². The molecule has 0 radical (unpaired) electrons.